The van der Waals surface area contributed by atoms with E-state index in [1.807, 2.05) is 0 Å². The lowest BCUT2D eigenvalue weighted by Crippen LogP contribution is -2.30. The highest BCUT2D eigenvalue weighted by molar-refractivity contribution is 9.10. The molecule has 3 aromatic carbocycles. The standard InChI is InChI=1S/C24H18BrFN2O4/c1-31-21-12-16(19(25)13-22(21)32-14-15-6-5-7-17(26)10-15)11-20-23(29)28(24(30)27-20)18-8-3-2-4-9-18/h2-13H,14H2,1H3,(H,27,30)/b20-11+. The van der Waals surface area contributed by atoms with Gasteiger partial charge in [0.1, 0.15) is 18.1 Å². The van der Waals surface area contributed by atoms with Crippen LogP contribution in [-0.4, -0.2) is 19.0 Å². The number of rotatable bonds is 6. The molecule has 1 aliphatic heterocycles. The first-order chi connectivity index (χ1) is 15.5. The monoisotopic (exact) mass is 496 g/mol. The van der Waals surface area contributed by atoms with Crippen molar-refractivity contribution in [1.82, 2.24) is 5.32 Å². The Hall–Kier alpha value is -3.65. The number of carbonyl (C=O) groups is 2. The topological polar surface area (TPSA) is 67.9 Å². The van der Waals surface area contributed by atoms with Crippen LogP contribution in [0, 0.1) is 5.82 Å². The molecule has 1 fully saturated rings. The number of anilines is 1. The lowest BCUT2D eigenvalue weighted by Gasteiger charge is -2.13. The summed E-state index contributed by atoms with van der Waals surface area (Å²) in [6, 6.07) is 17.7. The van der Waals surface area contributed by atoms with E-state index in [1.54, 1.807) is 60.7 Å². The van der Waals surface area contributed by atoms with Gasteiger partial charge in [-0.05, 0) is 53.6 Å². The summed E-state index contributed by atoms with van der Waals surface area (Å²) in [7, 11) is 1.49. The summed E-state index contributed by atoms with van der Waals surface area (Å²) in [4.78, 5) is 26.3. The van der Waals surface area contributed by atoms with E-state index in [9.17, 15) is 14.0 Å². The van der Waals surface area contributed by atoms with Gasteiger partial charge in [0.05, 0.1) is 12.8 Å². The number of para-hydroxylation sites is 1. The van der Waals surface area contributed by atoms with Crippen molar-refractivity contribution in [3.8, 4) is 11.5 Å². The Kier molecular flexibility index (Phi) is 6.23. The zero-order valence-corrected chi connectivity index (χ0v) is 18.6. The number of halogens is 2. The van der Waals surface area contributed by atoms with Crippen LogP contribution in [0.15, 0.2) is 76.9 Å². The molecule has 0 bridgehead atoms. The Morgan fingerprint density at radius 3 is 2.53 bits per heavy atom. The molecule has 1 N–H and O–H groups in total. The summed E-state index contributed by atoms with van der Waals surface area (Å²) in [6.07, 6.45) is 1.56. The largest absolute Gasteiger partial charge is 0.493 e. The SMILES string of the molecule is COc1cc(/C=C2/NC(=O)N(c3ccccc3)C2=O)c(Br)cc1OCc1cccc(F)c1. The molecule has 0 aromatic heterocycles. The molecule has 8 heteroatoms. The zero-order valence-electron chi connectivity index (χ0n) is 17.0. The molecule has 4 rings (SSSR count). The maximum atomic E-state index is 13.4. The molecule has 6 nitrogen and oxygen atoms in total. The minimum atomic E-state index is -0.523. The van der Waals surface area contributed by atoms with E-state index in [-0.39, 0.29) is 18.1 Å². The first-order valence-corrected chi connectivity index (χ1v) is 10.4. The second kappa shape index (κ2) is 9.23. The number of nitrogens with zero attached hydrogens (tertiary/aromatic N) is 1. The number of imide groups is 1. The number of nitrogens with one attached hydrogen (secondary N) is 1. The molecule has 3 aromatic rings. The van der Waals surface area contributed by atoms with Gasteiger partial charge in [-0.2, -0.15) is 0 Å². The minimum Gasteiger partial charge on any atom is -0.493 e. The van der Waals surface area contributed by atoms with Gasteiger partial charge in [0, 0.05) is 4.47 Å². The molecule has 0 radical (unpaired) electrons. The molecule has 0 unspecified atom stereocenters. The van der Waals surface area contributed by atoms with Crippen LogP contribution in [0.5, 0.6) is 11.5 Å². The second-order valence-electron chi connectivity index (χ2n) is 6.91. The summed E-state index contributed by atoms with van der Waals surface area (Å²) in [5, 5.41) is 2.60. The van der Waals surface area contributed by atoms with Crippen molar-refractivity contribution in [2.45, 2.75) is 6.61 Å². The Bertz CT molecular complexity index is 1210. The Labute approximate surface area is 192 Å². The Morgan fingerprint density at radius 1 is 1.03 bits per heavy atom. The third kappa shape index (κ3) is 4.50. The average molecular weight is 497 g/mol. The molecule has 1 saturated heterocycles. The molecule has 162 valence electrons. The zero-order chi connectivity index (χ0) is 22.7. The van der Waals surface area contributed by atoms with Gasteiger partial charge in [-0.15, -0.1) is 0 Å². The van der Waals surface area contributed by atoms with Crippen LogP contribution in [-0.2, 0) is 11.4 Å². The third-order valence-electron chi connectivity index (χ3n) is 4.76. The smallest absolute Gasteiger partial charge is 0.333 e. The minimum absolute atomic E-state index is 0.134. The van der Waals surface area contributed by atoms with Crippen LogP contribution >= 0.6 is 15.9 Å². The van der Waals surface area contributed by atoms with E-state index in [1.165, 1.54) is 19.2 Å². The summed E-state index contributed by atoms with van der Waals surface area (Å²) < 4.78 is 25.2. The van der Waals surface area contributed by atoms with E-state index in [2.05, 4.69) is 21.2 Å². The van der Waals surface area contributed by atoms with Crippen molar-refractivity contribution in [3.63, 3.8) is 0 Å². The summed E-state index contributed by atoms with van der Waals surface area (Å²) in [6.45, 7) is 0.154. The van der Waals surface area contributed by atoms with E-state index in [0.717, 1.165) is 4.90 Å². The fourth-order valence-corrected chi connectivity index (χ4v) is 3.66. The van der Waals surface area contributed by atoms with E-state index in [0.29, 0.717) is 32.8 Å². The van der Waals surface area contributed by atoms with Gasteiger partial charge >= 0.3 is 6.03 Å². The van der Waals surface area contributed by atoms with Gasteiger partial charge in [-0.3, -0.25) is 4.79 Å². The maximum absolute atomic E-state index is 13.4. The van der Waals surface area contributed by atoms with Crippen molar-refractivity contribution in [2.24, 2.45) is 0 Å². The third-order valence-corrected chi connectivity index (χ3v) is 5.45. The van der Waals surface area contributed by atoms with Crippen molar-refractivity contribution >= 4 is 39.6 Å². The molecule has 0 saturated carbocycles. The van der Waals surface area contributed by atoms with Crippen molar-refractivity contribution in [2.75, 3.05) is 12.0 Å². The molecule has 1 aliphatic rings. The lowest BCUT2D eigenvalue weighted by molar-refractivity contribution is -0.113. The van der Waals surface area contributed by atoms with Gasteiger partial charge in [0.25, 0.3) is 5.91 Å². The van der Waals surface area contributed by atoms with Crippen LogP contribution in [0.4, 0.5) is 14.9 Å². The number of hydrogen-bond acceptors (Lipinski definition) is 4. The summed E-state index contributed by atoms with van der Waals surface area (Å²) in [5.74, 6) is 0.0687. The van der Waals surface area contributed by atoms with Crippen molar-refractivity contribution in [3.05, 3.63) is 93.8 Å². The predicted octanol–water partition coefficient (Wildman–Crippen LogP) is 5.27. The number of methoxy groups -OCH3 is 1. The maximum Gasteiger partial charge on any atom is 0.333 e. The Balaban J connectivity index is 1.58. The average Bonchev–Trinajstić information content (AvgIpc) is 3.07. The number of amides is 3. The lowest BCUT2D eigenvalue weighted by atomic mass is 10.1. The van der Waals surface area contributed by atoms with E-state index in [4.69, 9.17) is 9.47 Å². The second-order valence-corrected chi connectivity index (χ2v) is 7.76. The fourth-order valence-electron chi connectivity index (χ4n) is 3.22. The highest BCUT2D eigenvalue weighted by Crippen LogP contribution is 2.35. The summed E-state index contributed by atoms with van der Waals surface area (Å²) >= 11 is 3.47. The van der Waals surface area contributed by atoms with Crippen LogP contribution in [0.25, 0.3) is 6.08 Å². The molecule has 0 atom stereocenters. The highest BCUT2D eigenvalue weighted by Gasteiger charge is 2.34. The molecule has 0 aliphatic carbocycles. The summed E-state index contributed by atoms with van der Waals surface area (Å²) in [5.41, 5.74) is 1.90. The van der Waals surface area contributed by atoms with Crippen LogP contribution in [0.3, 0.4) is 0 Å². The van der Waals surface area contributed by atoms with Crippen molar-refractivity contribution < 1.29 is 23.5 Å². The van der Waals surface area contributed by atoms with Crippen molar-refractivity contribution in [1.29, 1.82) is 0 Å². The van der Waals surface area contributed by atoms with Crippen LogP contribution in [0.1, 0.15) is 11.1 Å². The first-order valence-electron chi connectivity index (χ1n) is 9.63. The highest BCUT2D eigenvalue weighted by atomic mass is 79.9. The number of urea groups is 1. The molecule has 3 amide bonds. The molecule has 0 spiro atoms. The van der Waals surface area contributed by atoms with Gasteiger partial charge in [-0.25, -0.2) is 14.1 Å². The van der Waals surface area contributed by atoms with Gasteiger partial charge < -0.3 is 14.8 Å². The van der Waals surface area contributed by atoms with Crippen LogP contribution in [0.2, 0.25) is 0 Å². The van der Waals surface area contributed by atoms with Gasteiger partial charge in [0.2, 0.25) is 0 Å². The number of ether oxygens (including phenoxy) is 2. The predicted molar refractivity (Wildman–Crippen MR) is 122 cm³/mol. The molecule has 1 heterocycles. The molecule has 32 heavy (non-hydrogen) atoms. The van der Waals surface area contributed by atoms with E-state index < -0.39 is 11.9 Å². The van der Waals surface area contributed by atoms with E-state index >= 15 is 0 Å². The fraction of sp³-hybridized carbons (Fsp3) is 0.0833. The Morgan fingerprint density at radius 2 is 1.81 bits per heavy atom. The van der Waals surface area contributed by atoms with Crippen LogP contribution < -0.4 is 19.7 Å². The quantitative estimate of drug-likeness (QED) is 0.372. The number of benzene rings is 3. The number of hydrogen-bond donors (Lipinski definition) is 1. The molecular formula is C24H18BrFN2O4. The normalized spacial score (nSPS) is 14.6. The molecular weight excluding hydrogens is 479 g/mol. The first kappa shape index (κ1) is 21.6. The van der Waals surface area contributed by atoms with Gasteiger partial charge in [0.15, 0.2) is 11.5 Å². The van der Waals surface area contributed by atoms with Gasteiger partial charge in [-0.1, -0.05) is 46.3 Å². The number of carbonyl (C=O) groups excluding carboxylic acids is 2.